The average Bonchev–Trinajstić information content (AvgIpc) is 3.37. The number of fused-ring (bicyclic) bond motifs is 1. The standard InChI is InChI=1S/C20H20BrN3O5/c1-11(19(25)22-14-6-7-17-18(8-14)28-10-27-17)29-20(26)16-9-15(23-24-16)12-2-4-13(21)5-3-12/h2-8,11,15-16,23-24H,9-10H2,1H3,(H,22,25). The van der Waals surface area contributed by atoms with Gasteiger partial charge < -0.3 is 19.5 Å². The third-order valence-electron chi connectivity index (χ3n) is 4.76. The predicted octanol–water partition coefficient (Wildman–Crippen LogP) is 2.66. The highest BCUT2D eigenvalue weighted by atomic mass is 79.9. The van der Waals surface area contributed by atoms with Crippen LogP contribution in [0.25, 0.3) is 0 Å². The number of carbonyl (C=O) groups excluding carboxylic acids is 2. The minimum atomic E-state index is -0.943. The molecule has 1 saturated heterocycles. The van der Waals surface area contributed by atoms with Gasteiger partial charge in [-0.25, -0.2) is 10.9 Å². The monoisotopic (exact) mass is 461 g/mol. The second-order valence-corrected chi connectivity index (χ2v) is 7.73. The van der Waals surface area contributed by atoms with Crippen molar-refractivity contribution >= 4 is 33.5 Å². The van der Waals surface area contributed by atoms with Crippen LogP contribution in [0.1, 0.15) is 24.9 Å². The van der Waals surface area contributed by atoms with Crippen molar-refractivity contribution in [3.63, 3.8) is 0 Å². The first kappa shape index (κ1) is 19.7. The van der Waals surface area contributed by atoms with Crippen molar-refractivity contribution in [2.45, 2.75) is 31.5 Å². The number of rotatable bonds is 5. The van der Waals surface area contributed by atoms with Gasteiger partial charge in [-0.1, -0.05) is 28.1 Å². The van der Waals surface area contributed by atoms with Crippen molar-refractivity contribution in [3.8, 4) is 11.5 Å². The van der Waals surface area contributed by atoms with Crippen molar-refractivity contribution in [3.05, 3.63) is 52.5 Å². The summed E-state index contributed by atoms with van der Waals surface area (Å²) < 4.78 is 16.9. The van der Waals surface area contributed by atoms with Crippen molar-refractivity contribution in [1.29, 1.82) is 0 Å². The van der Waals surface area contributed by atoms with E-state index < -0.39 is 24.0 Å². The van der Waals surface area contributed by atoms with E-state index in [0.717, 1.165) is 10.0 Å². The van der Waals surface area contributed by atoms with Crippen molar-refractivity contribution in [2.75, 3.05) is 12.1 Å². The highest BCUT2D eigenvalue weighted by molar-refractivity contribution is 9.10. The highest BCUT2D eigenvalue weighted by Gasteiger charge is 2.33. The molecule has 0 saturated carbocycles. The molecule has 1 amide bonds. The Morgan fingerprint density at radius 1 is 1.14 bits per heavy atom. The summed E-state index contributed by atoms with van der Waals surface area (Å²) in [5.41, 5.74) is 7.64. The summed E-state index contributed by atoms with van der Waals surface area (Å²) in [4.78, 5) is 24.8. The molecule has 2 aliphatic rings. The fourth-order valence-corrected chi connectivity index (χ4v) is 3.42. The summed E-state index contributed by atoms with van der Waals surface area (Å²) >= 11 is 3.41. The predicted molar refractivity (Wildman–Crippen MR) is 108 cm³/mol. The zero-order chi connectivity index (χ0) is 20.4. The van der Waals surface area contributed by atoms with E-state index >= 15 is 0 Å². The molecule has 0 aromatic heterocycles. The first-order chi connectivity index (χ1) is 14.0. The van der Waals surface area contributed by atoms with Crippen LogP contribution in [-0.4, -0.2) is 30.8 Å². The maximum absolute atomic E-state index is 12.4. The van der Waals surface area contributed by atoms with Crippen molar-refractivity contribution < 1.29 is 23.8 Å². The van der Waals surface area contributed by atoms with Crippen LogP contribution in [0, 0.1) is 0 Å². The van der Waals surface area contributed by atoms with Crippen LogP contribution in [-0.2, 0) is 14.3 Å². The summed E-state index contributed by atoms with van der Waals surface area (Å²) in [6.45, 7) is 1.69. The molecule has 0 aliphatic carbocycles. The van der Waals surface area contributed by atoms with E-state index in [2.05, 4.69) is 32.1 Å². The number of amides is 1. The van der Waals surface area contributed by atoms with Crippen LogP contribution in [0.2, 0.25) is 0 Å². The maximum Gasteiger partial charge on any atom is 0.325 e. The number of hydrazine groups is 1. The number of esters is 1. The molecule has 3 atom stereocenters. The van der Waals surface area contributed by atoms with Gasteiger partial charge in [-0.15, -0.1) is 0 Å². The Morgan fingerprint density at radius 2 is 1.90 bits per heavy atom. The molecular weight excluding hydrogens is 442 g/mol. The van der Waals surface area contributed by atoms with Gasteiger partial charge in [0.15, 0.2) is 17.6 Å². The summed E-state index contributed by atoms with van der Waals surface area (Å²) in [6, 6.07) is 12.4. The quantitative estimate of drug-likeness (QED) is 0.588. The van der Waals surface area contributed by atoms with Crippen LogP contribution in [0.3, 0.4) is 0 Å². The van der Waals surface area contributed by atoms with Gasteiger partial charge in [-0.05, 0) is 43.2 Å². The smallest absolute Gasteiger partial charge is 0.325 e. The second kappa shape index (κ2) is 8.40. The molecule has 8 nitrogen and oxygen atoms in total. The van der Waals surface area contributed by atoms with Gasteiger partial charge in [0, 0.05) is 22.3 Å². The molecule has 2 aromatic carbocycles. The van der Waals surface area contributed by atoms with Gasteiger partial charge >= 0.3 is 5.97 Å². The topological polar surface area (TPSA) is 97.9 Å². The minimum Gasteiger partial charge on any atom is -0.454 e. The highest BCUT2D eigenvalue weighted by Crippen LogP contribution is 2.34. The summed E-state index contributed by atoms with van der Waals surface area (Å²) in [6.07, 6.45) is -0.418. The van der Waals surface area contributed by atoms with Crippen molar-refractivity contribution in [2.24, 2.45) is 0 Å². The van der Waals surface area contributed by atoms with Gasteiger partial charge in [0.25, 0.3) is 5.91 Å². The lowest BCUT2D eigenvalue weighted by molar-refractivity contribution is -0.155. The number of ether oxygens (including phenoxy) is 3. The SMILES string of the molecule is CC(OC(=O)C1CC(c2ccc(Br)cc2)NN1)C(=O)Nc1ccc2c(c1)OCO2. The fraction of sp³-hybridized carbons (Fsp3) is 0.300. The third-order valence-corrected chi connectivity index (χ3v) is 5.29. The Morgan fingerprint density at radius 3 is 2.69 bits per heavy atom. The van der Waals surface area contributed by atoms with Crippen LogP contribution in [0.5, 0.6) is 11.5 Å². The van der Waals surface area contributed by atoms with Gasteiger partial charge in [-0.3, -0.25) is 9.59 Å². The van der Waals surface area contributed by atoms with E-state index in [-0.39, 0.29) is 12.8 Å². The Kier molecular flexibility index (Phi) is 5.70. The minimum absolute atomic E-state index is 0.0154. The number of hydrogen-bond donors (Lipinski definition) is 3. The summed E-state index contributed by atoms with van der Waals surface area (Å²) in [7, 11) is 0. The molecule has 4 rings (SSSR count). The zero-order valence-electron chi connectivity index (χ0n) is 15.6. The Bertz CT molecular complexity index is 921. The van der Waals surface area contributed by atoms with Gasteiger partial charge in [0.1, 0.15) is 6.04 Å². The first-order valence-electron chi connectivity index (χ1n) is 9.17. The first-order valence-corrected chi connectivity index (χ1v) is 9.96. The molecule has 0 radical (unpaired) electrons. The molecule has 0 spiro atoms. The lowest BCUT2D eigenvalue weighted by Gasteiger charge is -2.16. The molecule has 9 heteroatoms. The fourth-order valence-electron chi connectivity index (χ4n) is 3.15. The molecule has 3 N–H and O–H groups in total. The molecule has 2 heterocycles. The van der Waals surface area contributed by atoms with Gasteiger partial charge in [0.05, 0.1) is 0 Å². The third kappa shape index (κ3) is 4.52. The lowest BCUT2D eigenvalue weighted by Crippen LogP contribution is -2.40. The number of nitrogens with one attached hydrogen (secondary N) is 3. The number of halogens is 1. The van der Waals surface area contributed by atoms with E-state index in [4.69, 9.17) is 14.2 Å². The number of hydrogen-bond acceptors (Lipinski definition) is 7. The summed E-state index contributed by atoms with van der Waals surface area (Å²) in [5.74, 6) is 0.286. The zero-order valence-corrected chi connectivity index (χ0v) is 17.2. The molecular formula is C20H20BrN3O5. The maximum atomic E-state index is 12.4. The number of benzene rings is 2. The van der Waals surface area contributed by atoms with Crippen LogP contribution in [0.15, 0.2) is 46.9 Å². The van der Waals surface area contributed by atoms with Crippen LogP contribution in [0.4, 0.5) is 5.69 Å². The number of anilines is 1. The molecule has 3 unspecified atom stereocenters. The van der Waals surface area contributed by atoms with Crippen LogP contribution < -0.4 is 25.6 Å². The Hall–Kier alpha value is -2.62. The molecule has 29 heavy (non-hydrogen) atoms. The van der Waals surface area contributed by atoms with E-state index in [1.807, 2.05) is 24.3 Å². The largest absolute Gasteiger partial charge is 0.454 e. The lowest BCUT2D eigenvalue weighted by atomic mass is 10.0. The Balaban J connectivity index is 1.30. The average molecular weight is 462 g/mol. The molecule has 1 fully saturated rings. The van der Waals surface area contributed by atoms with Gasteiger partial charge in [0.2, 0.25) is 6.79 Å². The van der Waals surface area contributed by atoms with Gasteiger partial charge in [-0.2, -0.15) is 0 Å². The number of carbonyl (C=O) groups is 2. The van der Waals surface area contributed by atoms with E-state index in [0.29, 0.717) is 23.6 Å². The molecule has 0 bridgehead atoms. The van der Waals surface area contributed by atoms with E-state index in [1.54, 1.807) is 18.2 Å². The molecule has 152 valence electrons. The summed E-state index contributed by atoms with van der Waals surface area (Å²) in [5, 5.41) is 2.72. The molecule has 2 aliphatic heterocycles. The van der Waals surface area contributed by atoms with E-state index in [9.17, 15) is 9.59 Å². The van der Waals surface area contributed by atoms with Crippen LogP contribution >= 0.6 is 15.9 Å². The van der Waals surface area contributed by atoms with Crippen molar-refractivity contribution in [1.82, 2.24) is 10.9 Å². The molecule has 2 aromatic rings. The van der Waals surface area contributed by atoms with E-state index in [1.165, 1.54) is 6.92 Å². The Labute approximate surface area is 176 Å². The normalized spacial score (nSPS) is 20.9. The second-order valence-electron chi connectivity index (χ2n) is 6.82.